The smallest absolute Gasteiger partial charge is 0.160 e. The van der Waals surface area contributed by atoms with E-state index in [4.69, 9.17) is 13.9 Å². The fourth-order valence-corrected chi connectivity index (χ4v) is 2.36. The summed E-state index contributed by atoms with van der Waals surface area (Å²) < 4.78 is 16.0. The van der Waals surface area contributed by atoms with Gasteiger partial charge in [0.25, 0.3) is 0 Å². The lowest BCUT2D eigenvalue weighted by atomic mass is 10.1. The maximum Gasteiger partial charge on any atom is 0.160 e. The third-order valence-electron chi connectivity index (χ3n) is 3.55. The van der Waals surface area contributed by atoms with E-state index in [9.17, 15) is 0 Å². The van der Waals surface area contributed by atoms with Gasteiger partial charge in [0.05, 0.1) is 26.5 Å². The van der Waals surface area contributed by atoms with Gasteiger partial charge < -0.3 is 19.2 Å². The molecule has 1 N–H and O–H groups in total. The molecule has 4 nitrogen and oxygen atoms in total. The van der Waals surface area contributed by atoms with Gasteiger partial charge in [0.1, 0.15) is 5.76 Å². The van der Waals surface area contributed by atoms with Gasteiger partial charge in [-0.3, -0.25) is 0 Å². The third-order valence-corrected chi connectivity index (χ3v) is 3.55. The molecule has 1 heterocycles. The van der Waals surface area contributed by atoms with Crippen molar-refractivity contribution in [2.24, 2.45) is 0 Å². The molecule has 0 aliphatic rings. The lowest BCUT2D eigenvalue weighted by molar-refractivity contribution is 0.354. The van der Waals surface area contributed by atoms with Gasteiger partial charge in [-0.25, -0.2) is 0 Å². The van der Waals surface area contributed by atoms with Gasteiger partial charge in [-0.2, -0.15) is 0 Å². The second-order valence-electron chi connectivity index (χ2n) is 4.87. The van der Waals surface area contributed by atoms with Crippen LogP contribution in [0.15, 0.2) is 41.0 Å². The Bertz CT molecular complexity index is 537. The molecule has 1 aromatic carbocycles. The number of hydrogen-bond donors (Lipinski definition) is 1. The summed E-state index contributed by atoms with van der Waals surface area (Å²) in [6, 6.07) is 10.2. The Morgan fingerprint density at radius 2 is 1.95 bits per heavy atom. The van der Waals surface area contributed by atoms with Gasteiger partial charge in [0, 0.05) is 0 Å². The Kier molecular flexibility index (Phi) is 5.69. The van der Waals surface area contributed by atoms with E-state index in [1.807, 2.05) is 24.3 Å². The summed E-state index contributed by atoms with van der Waals surface area (Å²) in [5.41, 5.74) is 1.22. The summed E-state index contributed by atoms with van der Waals surface area (Å²) >= 11 is 0. The molecule has 0 radical (unpaired) electrons. The molecule has 2 aromatic rings. The van der Waals surface area contributed by atoms with Crippen molar-refractivity contribution in [2.45, 2.75) is 25.8 Å². The summed E-state index contributed by atoms with van der Waals surface area (Å²) in [6.07, 6.45) is 3.64. The van der Waals surface area contributed by atoms with Gasteiger partial charge in [0.2, 0.25) is 0 Å². The van der Waals surface area contributed by atoms with Gasteiger partial charge in [0.15, 0.2) is 11.5 Å². The standard InChI is InChI=1S/C17H23NO3/c1-4-14(15-6-5-11-21-15)18-10-9-13-7-8-16(19-2)17(12-13)20-3/h5-8,11-12,14,18H,4,9-10H2,1-3H3. The summed E-state index contributed by atoms with van der Waals surface area (Å²) in [5.74, 6) is 2.52. The summed E-state index contributed by atoms with van der Waals surface area (Å²) in [7, 11) is 3.30. The number of benzene rings is 1. The fourth-order valence-electron chi connectivity index (χ4n) is 2.36. The van der Waals surface area contributed by atoms with Crippen molar-refractivity contribution >= 4 is 0 Å². The van der Waals surface area contributed by atoms with Gasteiger partial charge in [-0.05, 0) is 49.2 Å². The Hall–Kier alpha value is -1.94. The predicted molar refractivity (Wildman–Crippen MR) is 83.0 cm³/mol. The molecule has 0 aliphatic carbocycles. The van der Waals surface area contributed by atoms with E-state index in [-0.39, 0.29) is 6.04 Å². The predicted octanol–water partition coefficient (Wildman–Crippen LogP) is 3.58. The Morgan fingerprint density at radius 3 is 2.57 bits per heavy atom. The molecule has 0 saturated carbocycles. The van der Waals surface area contributed by atoms with Crippen LogP contribution in [0.5, 0.6) is 11.5 Å². The SMILES string of the molecule is CCC(NCCc1ccc(OC)c(OC)c1)c1ccco1. The average molecular weight is 289 g/mol. The molecule has 0 spiro atoms. The lowest BCUT2D eigenvalue weighted by Crippen LogP contribution is -2.22. The molecular weight excluding hydrogens is 266 g/mol. The van der Waals surface area contributed by atoms with Gasteiger partial charge in [-0.15, -0.1) is 0 Å². The second-order valence-corrected chi connectivity index (χ2v) is 4.87. The third kappa shape index (κ3) is 4.02. The Labute approximate surface area is 126 Å². The number of nitrogens with one attached hydrogen (secondary N) is 1. The van der Waals surface area contributed by atoms with E-state index in [2.05, 4.69) is 18.3 Å². The first-order chi connectivity index (χ1) is 10.3. The van der Waals surface area contributed by atoms with Crippen LogP contribution in [-0.2, 0) is 6.42 Å². The molecule has 21 heavy (non-hydrogen) atoms. The van der Waals surface area contributed by atoms with E-state index >= 15 is 0 Å². The molecular formula is C17H23NO3. The van der Waals surface area contributed by atoms with E-state index < -0.39 is 0 Å². The summed E-state index contributed by atoms with van der Waals surface area (Å²) in [5, 5.41) is 3.52. The topological polar surface area (TPSA) is 43.6 Å². The minimum Gasteiger partial charge on any atom is -0.493 e. The van der Waals surface area contributed by atoms with Crippen molar-refractivity contribution in [3.63, 3.8) is 0 Å². The first-order valence-corrected chi connectivity index (χ1v) is 7.26. The monoisotopic (exact) mass is 289 g/mol. The number of hydrogen-bond acceptors (Lipinski definition) is 4. The van der Waals surface area contributed by atoms with Gasteiger partial charge >= 0.3 is 0 Å². The molecule has 0 fully saturated rings. The molecule has 0 bridgehead atoms. The minimum absolute atomic E-state index is 0.264. The van der Waals surface area contributed by atoms with Crippen LogP contribution in [0.3, 0.4) is 0 Å². The molecule has 0 saturated heterocycles. The number of furan rings is 1. The minimum atomic E-state index is 0.264. The van der Waals surface area contributed by atoms with E-state index in [1.165, 1.54) is 5.56 Å². The normalized spacial score (nSPS) is 12.1. The van der Waals surface area contributed by atoms with Crippen LogP contribution >= 0.6 is 0 Å². The van der Waals surface area contributed by atoms with Crippen LogP contribution in [0.1, 0.15) is 30.7 Å². The quantitative estimate of drug-likeness (QED) is 0.806. The van der Waals surface area contributed by atoms with Crippen LogP contribution < -0.4 is 14.8 Å². The summed E-state index contributed by atoms with van der Waals surface area (Å²) in [6.45, 7) is 3.03. The highest BCUT2D eigenvalue weighted by atomic mass is 16.5. The summed E-state index contributed by atoms with van der Waals surface area (Å²) in [4.78, 5) is 0. The van der Waals surface area contributed by atoms with E-state index in [0.717, 1.165) is 36.6 Å². The van der Waals surface area contributed by atoms with Gasteiger partial charge in [-0.1, -0.05) is 13.0 Å². The van der Waals surface area contributed by atoms with E-state index in [0.29, 0.717) is 0 Å². The number of methoxy groups -OCH3 is 2. The fraction of sp³-hybridized carbons (Fsp3) is 0.412. The highest BCUT2D eigenvalue weighted by Gasteiger charge is 2.11. The van der Waals surface area contributed by atoms with Crippen LogP contribution in [-0.4, -0.2) is 20.8 Å². The van der Waals surface area contributed by atoms with Crippen molar-refractivity contribution < 1.29 is 13.9 Å². The molecule has 1 aromatic heterocycles. The zero-order valence-electron chi connectivity index (χ0n) is 12.9. The van der Waals surface area contributed by atoms with Crippen LogP contribution in [0.2, 0.25) is 0 Å². The molecule has 1 unspecified atom stereocenters. The molecule has 2 rings (SSSR count). The zero-order valence-corrected chi connectivity index (χ0v) is 12.9. The molecule has 0 amide bonds. The van der Waals surface area contributed by atoms with Crippen molar-refractivity contribution in [3.05, 3.63) is 47.9 Å². The Morgan fingerprint density at radius 1 is 1.14 bits per heavy atom. The zero-order chi connectivity index (χ0) is 15.1. The first kappa shape index (κ1) is 15.4. The lowest BCUT2D eigenvalue weighted by Gasteiger charge is -2.15. The highest BCUT2D eigenvalue weighted by Crippen LogP contribution is 2.27. The second kappa shape index (κ2) is 7.74. The Balaban J connectivity index is 1.91. The number of ether oxygens (including phenoxy) is 2. The molecule has 114 valence electrons. The highest BCUT2D eigenvalue weighted by molar-refractivity contribution is 5.42. The molecule has 4 heteroatoms. The van der Waals surface area contributed by atoms with Crippen LogP contribution in [0.4, 0.5) is 0 Å². The molecule has 1 atom stereocenters. The number of rotatable bonds is 8. The average Bonchev–Trinajstić information content (AvgIpc) is 3.05. The van der Waals surface area contributed by atoms with Crippen molar-refractivity contribution in [1.82, 2.24) is 5.32 Å². The van der Waals surface area contributed by atoms with Crippen LogP contribution in [0, 0.1) is 0 Å². The van der Waals surface area contributed by atoms with Crippen molar-refractivity contribution in [2.75, 3.05) is 20.8 Å². The van der Waals surface area contributed by atoms with Crippen molar-refractivity contribution in [3.8, 4) is 11.5 Å². The largest absolute Gasteiger partial charge is 0.493 e. The first-order valence-electron chi connectivity index (χ1n) is 7.26. The van der Waals surface area contributed by atoms with Crippen molar-refractivity contribution in [1.29, 1.82) is 0 Å². The maximum atomic E-state index is 5.46. The van der Waals surface area contributed by atoms with E-state index in [1.54, 1.807) is 20.5 Å². The molecule has 0 aliphatic heterocycles. The maximum absolute atomic E-state index is 5.46. The van der Waals surface area contributed by atoms with Crippen LogP contribution in [0.25, 0.3) is 0 Å².